The number of thiocarbonyl (C=S) groups is 1. The number of hydrogen-bond acceptors (Lipinski definition) is 3. The van der Waals surface area contributed by atoms with Gasteiger partial charge in [0, 0.05) is 24.2 Å². The Morgan fingerprint density at radius 1 is 0.500 bits per heavy atom. The lowest BCUT2D eigenvalue weighted by Gasteiger charge is -2.47. The average Bonchev–Trinajstić information content (AvgIpc) is 2.86. The highest BCUT2D eigenvalue weighted by atomic mass is 32.1. The molecular weight excluding hydrogens is 412 g/mol. The smallest absolute Gasteiger partial charge is 0.168 e. The van der Waals surface area contributed by atoms with Crippen LogP contribution in [0.4, 0.5) is 0 Å². The van der Waals surface area contributed by atoms with Crippen molar-refractivity contribution in [2.45, 2.75) is 153 Å². The molecule has 4 saturated carbocycles. The van der Waals surface area contributed by atoms with E-state index in [1.807, 2.05) is 0 Å². The number of rotatable bonds is 8. The molecular formula is C27H50N4S. The van der Waals surface area contributed by atoms with E-state index in [-0.39, 0.29) is 0 Å². The number of nitrogens with zero attached hydrogens (tertiary/aromatic N) is 3. The minimum atomic E-state index is 0.623. The monoisotopic (exact) mass is 462 g/mol. The standard InChI is InChI=1S/C27H50N4S/c28-27(32)29(21-30(23-13-5-1-6-14-23)24-15-7-2-8-16-24)22-31(25-17-9-3-10-18-25)26-19-11-4-12-20-26/h23-26H,1-22H2,(H2,28,32). The lowest BCUT2D eigenvalue weighted by molar-refractivity contribution is -0.000600. The van der Waals surface area contributed by atoms with Crippen LogP contribution in [0, 0.1) is 0 Å². The van der Waals surface area contributed by atoms with Crippen molar-refractivity contribution in [1.29, 1.82) is 0 Å². The largest absolute Gasteiger partial charge is 0.376 e. The zero-order valence-electron chi connectivity index (χ0n) is 20.7. The summed E-state index contributed by atoms with van der Waals surface area (Å²) in [7, 11) is 0. The highest BCUT2D eigenvalue weighted by Crippen LogP contribution is 2.33. The molecule has 0 bridgehead atoms. The Morgan fingerprint density at radius 3 is 0.969 bits per heavy atom. The van der Waals surface area contributed by atoms with E-state index >= 15 is 0 Å². The third-order valence-electron chi connectivity index (χ3n) is 9.15. The molecule has 4 aliphatic rings. The van der Waals surface area contributed by atoms with Crippen molar-refractivity contribution in [3.63, 3.8) is 0 Å². The van der Waals surface area contributed by atoms with Crippen molar-refractivity contribution in [1.82, 2.24) is 14.7 Å². The van der Waals surface area contributed by atoms with E-state index in [4.69, 9.17) is 18.0 Å². The fraction of sp³-hybridized carbons (Fsp3) is 0.963. The normalized spacial score (nSPS) is 25.4. The molecule has 0 saturated heterocycles. The first-order valence-electron chi connectivity index (χ1n) is 14.3. The fourth-order valence-corrected chi connectivity index (χ4v) is 7.40. The van der Waals surface area contributed by atoms with Gasteiger partial charge in [0.05, 0.1) is 13.3 Å². The summed E-state index contributed by atoms with van der Waals surface area (Å²) in [6.45, 7) is 1.92. The van der Waals surface area contributed by atoms with Crippen molar-refractivity contribution in [3.8, 4) is 0 Å². The lowest BCUT2D eigenvalue weighted by atomic mass is 9.88. The summed E-state index contributed by atoms with van der Waals surface area (Å²) in [4.78, 5) is 8.15. The Labute approximate surface area is 203 Å². The van der Waals surface area contributed by atoms with Gasteiger partial charge in [0.1, 0.15) is 0 Å². The summed E-state index contributed by atoms with van der Waals surface area (Å²) in [6, 6.07) is 2.95. The Kier molecular flexibility index (Phi) is 9.97. The first-order valence-corrected chi connectivity index (χ1v) is 14.7. The first-order chi connectivity index (χ1) is 15.7. The molecule has 0 radical (unpaired) electrons. The van der Waals surface area contributed by atoms with E-state index in [0.29, 0.717) is 5.11 Å². The second-order valence-corrected chi connectivity index (χ2v) is 11.8. The van der Waals surface area contributed by atoms with Gasteiger partial charge in [-0.3, -0.25) is 9.80 Å². The van der Waals surface area contributed by atoms with Crippen molar-refractivity contribution in [2.24, 2.45) is 5.73 Å². The molecule has 0 atom stereocenters. The highest BCUT2D eigenvalue weighted by Gasteiger charge is 2.34. The molecule has 0 unspecified atom stereocenters. The first kappa shape index (κ1) is 24.7. The van der Waals surface area contributed by atoms with Crippen LogP contribution in [0.5, 0.6) is 0 Å². The lowest BCUT2D eigenvalue weighted by Crippen LogP contribution is -2.57. The molecule has 4 aliphatic carbocycles. The Balaban J connectivity index is 1.48. The second-order valence-electron chi connectivity index (χ2n) is 11.4. The topological polar surface area (TPSA) is 35.7 Å². The molecule has 4 rings (SSSR count). The maximum absolute atomic E-state index is 6.46. The van der Waals surface area contributed by atoms with Crippen LogP contribution < -0.4 is 5.73 Å². The van der Waals surface area contributed by atoms with Crippen molar-refractivity contribution >= 4 is 17.3 Å². The van der Waals surface area contributed by atoms with Gasteiger partial charge in [-0.05, 0) is 63.6 Å². The van der Waals surface area contributed by atoms with Gasteiger partial charge in [-0.1, -0.05) is 77.0 Å². The van der Waals surface area contributed by atoms with Crippen LogP contribution in [-0.4, -0.2) is 57.3 Å². The van der Waals surface area contributed by atoms with Crippen LogP contribution in [0.1, 0.15) is 128 Å². The zero-order chi connectivity index (χ0) is 22.2. The number of nitrogens with two attached hydrogens (primary N) is 1. The Bertz CT molecular complexity index is 468. The maximum Gasteiger partial charge on any atom is 0.168 e. The van der Waals surface area contributed by atoms with E-state index in [0.717, 1.165) is 37.5 Å². The van der Waals surface area contributed by atoms with Gasteiger partial charge in [0.2, 0.25) is 0 Å². The number of hydrogen-bond donors (Lipinski definition) is 1. The molecule has 0 aromatic rings. The van der Waals surface area contributed by atoms with Gasteiger partial charge in [0.25, 0.3) is 0 Å². The molecule has 4 nitrogen and oxygen atoms in total. The fourth-order valence-electron chi connectivity index (χ4n) is 7.29. The van der Waals surface area contributed by atoms with Gasteiger partial charge in [0.15, 0.2) is 5.11 Å². The van der Waals surface area contributed by atoms with Gasteiger partial charge in [-0.2, -0.15) is 0 Å². The van der Waals surface area contributed by atoms with E-state index < -0.39 is 0 Å². The molecule has 32 heavy (non-hydrogen) atoms. The van der Waals surface area contributed by atoms with Crippen LogP contribution in [0.25, 0.3) is 0 Å². The van der Waals surface area contributed by atoms with Crippen LogP contribution in [-0.2, 0) is 0 Å². The van der Waals surface area contributed by atoms with Crippen LogP contribution in [0.3, 0.4) is 0 Å². The predicted molar refractivity (Wildman–Crippen MR) is 140 cm³/mol. The van der Waals surface area contributed by atoms with Crippen LogP contribution >= 0.6 is 12.2 Å². The minimum Gasteiger partial charge on any atom is -0.376 e. The Morgan fingerprint density at radius 2 is 0.750 bits per heavy atom. The summed E-state index contributed by atoms with van der Waals surface area (Å²) < 4.78 is 0. The molecule has 4 fully saturated rings. The summed E-state index contributed by atoms with van der Waals surface area (Å²) in [5.41, 5.74) is 6.46. The molecule has 0 aromatic heterocycles. The van der Waals surface area contributed by atoms with Gasteiger partial charge >= 0.3 is 0 Å². The van der Waals surface area contributed by atoms with Crippen LogP contribution in [0.2, 0.25) is 0 Å². The third kappa shape index (κ3) is 6.82. The summed E-state index contributed by atoms with van der Waals surface area (Å²) in [5.74, 6) is 0. The van der Waals surface area contributed by atoms with Crippen molar-refractivity contribution < 1.29 is 0 Å². The second kappa shape index (κ2) is 12.9. The highest BCUT2D eigenvalue weighted by molar-refractivity contribution is 7.80. The molecule has 5 heteroatoms. The minimum absolute atomic E-state index is 0.623. The molecule has 184 valence electrons. The zero-order valence-corrected chi connectivity index (χ0v) is 21.5. The third-order valence-corrected chi connectivity index (χ3v) is 9.41. The summed E-state index contributed by atoms with van der Waals surface area (Å²) in [5, 5.41) is 0.623. The van der Waals surface area contributed by atoms with E-state index in [2.05, 4.69) is 14.7 Å². The molecule has 0 aliphatic heterocycles. The molecule has 0 aromatic carbocycles. The maximum atomic E-state index is 6.46. The summed E-state index contributed by atoms with van der Waals surface area (Å²) in [6.07, 6.45) is 27.9. The average molecular weight is 463 g/mol. The van der Waals surface area contributed by atoms with E-state index in [1.54, 1.807) is 0 Å². The van der Waals surface area contributed by atoms with Gasteiger partial charge in [-0.25, -0.2) is 0 Å². The quantitative estimate of drug-likeness (QED) is 0.334. The van der Waals surface area contributed by atoms with Crippen molar-refractivity contribution in [2.75, 3.05) is 13.3 Å². The van der Waals surface area contributed by atoms with E-state index in [9.17, 15) is 0 Å². The Hall–Kier alpha value is -0.390. The predicted octanol–water partition coefficient (Wildman–Crippen LogP) is 6.38. The molecule has 0 heterocycles. The molecule has 0 amide bonds. The van der Waals surface area contributed by atoms with Crippen LogP contribution in [0.15, 0.2) is 0 Å². The molecule has 2 N–H and O–H groups in total. The summed E-state index contributed by atoms with van der Waals surface area (Å²) >= 11 is 5.71. The van der Waals surface area contributed by atoms with Gasteiger partial charge in [-0.15, -0.1) is 0 Å². The molecule has 0 spiro atoms. The SMILES string of the molecule is NC(=S)N(CN(C1CCCCC1)C1CCCCC1)CN(C1CCCCC1)C1CCCCC1. The van der Waals surface area contributed by atoms with Gasteiger partial charge < -0.3 is 10.6 Å². The van der Waals surface area contributed by atoms with Crippen molar-refractivity contribution in [3.05, 3.63) is 0 Å². The van der Waals surface area contributed by atoms with E-state index in [1.165, 1.54) is 128 Å².